The minimum atomic E-state index is 0.100. The van der Waals surface area contributed by atoms with Gasteiger partial charge in [0.1, 0.15) is 4.83 Å². The molecular weight excluding hydrogens is 322 g/mol. The van der Waals surface area contributed by atoms with Crippen molar-refractivity contribution in [2.75, 3.05) is 11.9 Å². The normalized spacial score (nSPS) is 14.0. The summed E-state index contributed by atoms with van der Waals surface area (Å²) in [6, 6.07) is 1.91. The molecule has 0 saturated carbocycles. The van der Waals surface area contributed by atoms with E-state index in [-0.39, 0.29) is 5.56 Å². The third-order valence-corrected chi connectivity index (χ3v) is 5.76. The molecule has 6 nitrogen and oxygen atoms in total. The smallest absolute Gasteiger partial charge is 0.263 e. The van der Waals surface area contributed by atoms with E-state index in [1.54, 1.807) is 22.1 Å². The lowest BCUT2D eigenvalue weighted by atomic mass is 9.97. The molecule has 0 unspecified atom stereocenters. The van der Waals surface area contributed by atoms with Gasteiger partial charge in [-0.1, -0.05) is 0 Å². The zero-order valence-corrected chi connectivity index (χ0v) is 14.6. The van der Waals surface area contributed by atoms with Crippen molar-refractivity contribution in [2.24, 2.45) is 0 Å². The summed E-state index contributed by atoms with van der Waals surface area (Å²) in [6.45, 7) is 4.04. The maximum atomic E-state index is 13.0. The van der Waals surface area contributed by atoms with Gasteiger partial charge in [0.2, 0.25) is 5.95 Å². The second-order valence-corrected chi connectivity index (χ2v) is 7.16. The average molecular weight is 343 g/mol. The molecule has 4 rings (SSSR count). The summed E-state index contributed by atoms with van der Waals surface area (Å²) in [7, 11) is 0. The minimum Gasteiger partial charge on any atom is -0.354 e. The predicted molar refractivity (Wildman–Crippen MR) is 96.9 cm³/mol. The van der Waals surface area contributed by atoms with Gasteiger partial charge in [-0.15, -0.1) is 11.3 Å². The Morgan fingerprint density at radius 1 is 1.33 bits per heavy atom. The number of aryl methyl sites for hydroxylation is 2. The van der Waals surface area contributed by atoms with Crippen molar-refractivity contribution in [3.05, 3.63) is 39.3 Å². The molecule has 1 N–H and O–H groups in total. The van der Waals surface area contributed by atoms with Crippen molar-refractivity contribution in [3.8, 4) is 0 Å². The van der Waals surface area contributed by atoms with Crippen LogP contribution >= 0.6 is 11.3 Å². The van der Waals surface area contributed by atoms with Crippen LogP contribution in [0.1, 0.15) is 30.2 Å². The highest BCUT2D eigenvalue weighted by Crippen LogP contribution is 2.34. The van der Waals surface area contributed by atoms with Crippen LogP contribution in [0.5, 0.6) is 0 Å². The second-order valence-electron chi connectivity index (χ2n) is 6.07. The average Bonchev–Trinajstić information content (AvgIpc) is 3.22. The minimum absolute atomic E-state index is 0.100. The number of fused-ring (bicyclic) bond motifs is 3. The summed E-state index contributed by atoms with van der Waals surface area (Å²) in [6.07, 6.45) is 8.19. The number of nitrogens with one attached hydrogen (secondary N) is 1. The Hall–Kier alpha value is -2.15. The summed E-state index contributed by atoms with van der Waals surface area (Å²) in [5.41, 5.74) is 1.35. The Kier molecular flexibility index (Phi) is 4.10. The molecule has 0 bridgehead atoms. The van der Waals surface area contributed by atoms with Gasteiger partial charge >= 0.3 is 0 Å². The van der Waals surface area contributed by atoms with Gasteiger partial charge in [0, 0.05) is 30.4 Å². The van der Waals surface area contributed by atoms with E-state index in [1.807, 2.05) is 23.9 Å². The first-order valence-corrected chi connectivity index (χ1v) is 9.36. The highest BCUT2D eigenvalue weighted by Gasteiger charge is 2.21. The van der Waals surface area contributed by atoms with Gasteiger partial charge in [0.25, 0.3) is 5.56 Å². The van der Waals surface area contributed by atoms with Crippen LogP contribution in [-0.2, 0) is 25.9 Å². The first-order chi connectivity index (χ1) is 11.8. The Balaban J connectivity index is 1.68. The Morgan fingerprint density at radius 3 is 3.00 bits per heavy atom. The molecule has 3 aromatic rings. The highest BCUT2D eigenvalue weighted by atomic mass is 32.1. The number of anilines is 1. The fraction of sp³-hybridized carbons (Fsp3) is 0.471. The van der Waals surface area contributed by atoms with Crippen molar-refractivity contribution >= 4 is 27.5 Å². The summed E-state index contributed by atoms with van der Waals surface area (Å²) >= 11 is 1.70. The summed E-state index contributed by atoms with van der Waals surface area (Å²) < 4.78 is 3.62. The third kappa shape index (κ3) is 2.62. The molecule has 0 radical (unpaired) electrons. The summed E-state index contributed by atoms with van der Waals surface area (Å²) in [5, 5.41) is 8.36. The van der Waals surface area contributed by atoms with Crippen molar-refractivity contribution < 1.29 is 0 Å². The fourth-order valence-electron chi connectivity index (χ4n) is 3.38. The molecule has 0 amide bonds. The largest absolute Gasteiger partial charge is 0.354 e. The van der Waals surface area contributed by atoms with Crippen LogP contribution in [0.2, 0.25) is 0 Å². The van der Waals surface area contributed by atoms with Gasteiger partial charge in [0.05, 0.1) is 11.9 Å². The SMILES string of the molecule is CCn1c(NCCn2cccn2)nc2sc3c(c2c1=O)CCCC3. The predicted octanol–water partition coefficient (Wildman–Crippen LogP) is 2.67. The van der Waals surface area contributed by atoms with Crippen LogP contribution in [-0.4, -0.2) is 25.9 Å². The topological polar surface area (TPSA) is 64.7 Å². The van der Waals surface area contributed by atoms with Gasteiger partial charge < -0.3 is 5.32 Å². The molecule has 0 fully saturated rings. The van der Waals surface area contributed by atoms with E-state index >= 15 is 0 Å². The number of thiophene rings is 1. The van der Waals surface area contributed by atoms with Crippen molar-refractivity contribution in [1.82, 2.24) is 19.3 Å². The van der Waals surface area contributed by atoms with Crippen LogP contribution in [0.4, 0.5) is 5.95 Å². The number of aromatic nitrogens is 4. The van der Waals surface area contributed by atoms with Gasteiger partial charge in [-0.2, -0.15) is 5.10 Å². The molecule has 1 aliphatic rings. The number of hydrogen-bond acceptors (Lipinski definition) is 5. The van der Waals surface area contributed by atoms with Crippen molar-refractivity contribution in [1.29, 1.82) is 0 Å². The molecule has 0 spiro atoms. The van der Waals surface area contributed by atoms with E-state index in [0.29, 0.717) is 19.0 Å². The van der Waals surface area contributed by atoms with E-state index in [4.69, 9.17) is 4.98 Å². The molecule has 24 heavy (non-hydrogen) atoms. The van der Waals surface area contributed by atoms with Crippen LogP contribution < -0.4 is 10.9 Å². The molecule has 126 valence electrons. The molecule has 1 aliphatic carbocycles. The first kappa shape index (κ1) is 15.4. The lowest BCUT2D eigenvalue weighted by molar-refractivity contribution is 0.629. The molecule has 0 aliphatic heterocycles. The Bertz CT molecular complexity index is 909. The molecule has 0 saturated heterocycles. The quantitative estimate of drug-likeness (QED) is 0.773. The zero-order chi connectivity index (χ0) is 16.5. The number of nitrogens with zero attached hydrogens (tertiary/aromatic N) is 4. The zero-order valence-electron chi connectivity index (χ0n) is 13.8. The lowest BCUT2D eigenvalue weighted by Crippen LogP contribution is -2.26. The van der Waals surface area contributed by atoms with Crippen molar-refractivity contribution in [3.63, 3.8) is 0 Å². The number of rotatable bonds is 5. The Morgan fingerprint density at radius 2 is 2.21 bits per heavy atom. The molecule has 3 aromatic heterocycles. The van der Waals surface area contributed by atoms with E-state index in [1.165, 1.54) is 23.3 Å². The maximum absolute atomic E-state index is 13.0. The van der Waals surface area contributed by atoms with E-state index in [2.05, 4.69) is 10.4 Å². The van der Waals surface area contributed by atoms with Gasteiger partial charge in [-0.25, -0.2) is 4.98 Å². The second kappa shape index (κ2) is 6.39. The molecule has 7 heteroatoms. The highest BCUT2D eigenvalue weighted by molar-refractivity contribution is 7.18. The van der Waals surface area contributed by atoms with Crippen LogP contribution in [0.25, 0.3) is 10.2 Å². The maximum Gasteiger partial charge on any atom is 0.263 e. The number of hydrogen-bond donors (Lipinski definition) is 1. The van der Waals surface area contributed by atoms with Gasteiger partial charge in [0.15, 0.2) is 0 Å². The summed E-state index contributed by atoms with van der Waals surface area (Å²) in [5.74, 6) is 0.667. The standard InChI is InChI=1S/C17H21N5OS/c1-2-22-16(23)14-12-6-3-4-7-13(12)24-15(14)20-17(22)18-9-11-21-10-5-8-19-21/h5,8,10H,2-4,6-7,9,11H2,1H3,(H,18,20). The molecule has 3 heterocycles. The van der Waals surface area contributed by atoms with E-state index in [9.17, 15) is 4.79 Å². The fourth-order valence-corrected chi connectivity index (χ4v) is 4.63. The van der Waals surface area contributed by atoms with Gasteiger partial charge in [-0.3, -0.25) is 14.0 Å². The van der Waals surface area contributed by atoms with Crippen molar-refractivity contribution in [2.45, 2.75) is 45.7 Å². The molecule has 0 atom stereocenters. The molecular formula is C17H21N5OS. The third-order valence-electron chi connectivity index (χ3n) is 4.57. The summed E-state index contributed by atoms with van der Waals surface area (Å²) in [4.78, 5) is 20.0. The van der Waals surface area contributed by atoms with E-state index < -0.39 is 0 Å². The van der Waals surface area contributed by atoms with Gasteiger partial charge in [-0.05, 0) is 44.2 Å². The first-order valence-electron chi connectivity index (χ1n) is 8.54. The lowest BCUT2D eigenvalue weighted by Gasteiger charge is -2.13. The van der Waals surface area contributed by atoms with Crippen LogP contribution in [0, 0.1) is 0 Å². The molecule has 0 aromatic carbocycles. The Labute approximate surface area is 144 Å². The monoisotopic (exact) mass is 343 g/mol. The van der Waals surface area contributed by atoms with Crippen LogP contribution in [0.15, 0.2) is 23.3 Å². The van der Waals surface area contributed by atoms with Crippen LogP contribution in [0.3, 0.4) is 0 Å². The van der Waals surface area contributed by atoms with E-state index in [0.717, 1.165) is 29.6 Å².